The van der Waals surface area contributed by atoms with Gasteiger partial charge in [-0.25, -0.2) is 0 Å². The molecule has 2 N–H and O–H groups in total. The van der Waals surface area contributed by atoms with Gasteiger partial charge in [-0.1, -0.05) is 24.3 Å². The maximum atomic E-state index is 13.5. The van der Waals surface area contributed by atoms with Crippen molar-refractivity contribution in [3.63, 3.8) is 0 Å². The third-order valence-electron chi connectivity index (χ3n) is 6.61. The van der Waals surface area contributed by atoms with Crippen LogP contribution in [0.2, 0.25) is 0 Å². The van der Waals surface area contributed by atoms with Crippen molar-refractivity contribution in [3.8, 4) is 0 Å². The van der Waals surface area contributed by atoms with E-state index in [1.807, 2.05) is 24.3 Å². The summed E-state index contributed by atoms with van der Waals surface area (Å²) in [6.07, 6.45) is 2.89. The Morgan fingerprint density at radius 1 is 0.938 bits per heavy atom. The van der Waals surface area contributed by atoms with Crippen LogP contribution in [0.5, 0.6) is 0 Å². The smallest absolute Gasteiger partial charge is 0.163 e. The first kappa shape index (κ1) is 20.4. The summed E-state index contributed by atoms with van der Waals surface area (Å²) in [5.41, 5.74) is 6.11. The maximum absolute atomic E-state index is 13.5. The number of rotatable bonds is 5. The molecule has 0 unspecified atom stereocenters. The molecule has 32 heavy (non-hydrogen) atoms. The molecule has 0 amide bonds. The van der Waals surface area contributed by atoms with Crippen LogP contribution >= 0.6 is 0 Å². The fraction of sp³-hybridized carbons (Fsp3) is 0.296. The van der Waals surface area contributed by atoms with Crippen LogP contribution < -0.4 is 15.5 Å². The highest BCUT2D eigenvalue weighted by Crippen LogP contribution is 2.44. The van der Waals surface area contributed by atoms with Gasteiger partial charge in [0.2, 0.25) is 0 Å². The number of fused-ring (bicyclic) bond motifs is 1. The Balaban J connectivity index is 1.56. The van der Waals surface area contributed by atoms with E-state index in [2.05, 4.69) is 65.8 Å². The quantitative estimate of drug-likeness (QED) is 0.515. The predicted molar refractivity (Wildman–Crippen MR) is 129 cm³/mol. The van der Waals surface area contributed by atoms with Gasteiger partial charge < -0.3 is 20.0 Å². The molecule has 0 saturated heterocycles. The van der Waals surface area contributed by atoms with E-state index in [1.165, 1.54) is 5.69 Å². The fourth-order valence-corrected chi connectivity index (χ4v) is 4.93. The molecule has 1 aromatic heterocycles. The van der Waals surface area contributed by atoms with Gasteiger partial charge in [0.05, 0.1) is 23.7 Å². The van der Waals surface area contributed by atoms with Gasteiger partial charge in [-0.05, 0) is 62.2 Å². The number of hydrogen-bond acceptors (Lipinski definition) is 5. The minimum Gasteiger partial charge on any atom is -0.469 e. The number of ketones is 1. The van der Waals surface area contributed by atoms with E-state index in [0.29, 0.717) is 6.42 Å². The van der Waals surface area contributed by atoms with Crippen molar-refractivity contribution in [3.05, 3.63) is 89.5 Å². The van der Waals surface area contributed by atoms with E-state index in [4.69, 9.17) is 4.42 Å². The number of carbonyl (C=O) groups is 1. The Labute approximate surface area is 189 Å². The molecule has 2 heterocycles. The number of hydrogen-bond donors (Lipinski definition) is 2. The third-order valence-corrected chi connectivity index (χ3v) is 6.61. The van der Waals surface area contributed by atoms with E-state index in [-0.39, 0.29) is 17.7 Å². The monoisotopic (exact) mass is 427 g/mol. The van der Waals surface area contributed by atoms with Crippen LogP contribution in [0.15, 0.2) is 82.6 Å². The lowest BCUT2D eigenvalue weighted by Crippen LogP contribution is -2.27. The van der Waals surface area contributed by atoms with Crippen molar-refractivity contribution in [1.82, 2.24) is 0 Å². The average molecular weight is 428 g/mol. The van der Waals surface area contributed by atoms with Crippen molar-refractivity contribution in [1.29, 1.82) is 0 Å². The SMILES string of the molecule is CCN(CC)c1ccc([C@@H]2Nc3ccccc3NC3=C2C(=O)C[C@H](c2ccco2)C3)cc1. The zero-order valence-electron chi connectivity index (χ0n) is 18.6. The molecule has 1 aliphatic carbocycles. The van der Waals surface area contributed by atoms with Crippen molar-refractivity contribution < 1.29 is 9.21 Å². The molecule has 2 aliphatic rings. The van der Waals surface area contributed by atoms with E-state index in [0.717, 1.165) is 53.5 Å². The summed E-state index contributed by atoms with van der Waals surface area (Å²) in [6, 6.07) is 20.4. The van der Waals surface area contributed by atoms with Crippen molar-refractivity contribution in [2.75, 3.05) is 28.6 Å². The number of para-hydroxylation sites is 2. The number of allylic oxidation sites excluding steroid dienone is 1. The minimum atomic E-state index is -0.197. The third kappa shape index (κ3) is 3.68. The van der Waals surface area contributed by atoms with Crippen LogP contribution in [-0.4, -0.2) is 18.9 Å². The number of nitrogens with one attached hydrogen (secondary N) is 2. The number of nitrogens with zero attached hydrogens (tertiary/aromatic N) is 1. The highest BCUT2D eigenvalue weighted by molar-refractivity contribution is 6.01. The van der Waals surface area contributed by atoms with Gasteiger partial charge in [-0.2, -0.15) is 0 Å². The number of furan rings is 1. The van der Waals surface area contributed by atoms with Gasteiger partial charge in [0.25, 0.3) is 0 Å². The molecule has 0 radical (unpaired) electrons. The first-order chi connectivity index (χ1) is 15.7. The lowest BCUT2D eigenvalue weighted by atomic mass is 9.80. The Bertz CT molecular complexity index is 1130. The summed E-state index contributed by atoms with van der Waals surface area (Å²) in [6.45, 7) is 6.27. The molecule has 0 spiro atoms. The van der Waals surface area contributed by atoms with Gasteiger partial charge in [-0.15, -0.1) is 0 Å². The van der Waals surface area contributed by atoms with Crippen LogP contribution in [-0.2, 0) is 4.79 Å². The van der Waals surface area contributed by atoms with Gasteiger partial charge in [-0.3, -0.25) is 4.79 Å². The number of anilines is 3. The highest BCUT2D eigenvalue weighted by Gasteiger charge is 2.36. The molecule has 0 fully saturated rings. The van der Waals surface area contributed by atoms with Crippen LogP contribution in [0, 0.1) is 0 Å². The number of carbonyl (C=O) groups excluding carboxylic acids is 1. The summed E-state index contributed by atoms with van der Waals surface area (Å²) in [5.74, 6) is 1.09. The van der Waals surface area contributed by atoms with Crippen LogP contribution in [0.1, 0.15) is 50.0 Å². The average Bonchev–Trinajstić information content (AvgIpc) is 3.29. The summed E-state index contributed by atoms with van der Waals surface area (Å²) in [7, 11) is 0. The van der Waals surface area contributed by atoms with E-state index in [9.17, 15) is 4.79 Å². The van der Waals surface area contributed by atoms with Gasteiger partial charge in [0.15, 0.2) is 5.78 Å². The summed E-state index contributed by atoms with van der Waals surface area (Å²) in [5, 5.41) is 7.23. The van der Waals surface area contributed by atoms with Crippen LogP contribution in [0.3, 0.4) is 0 Å². The van der Waals surface area contributed by atoms with E-state index >= 15 is 0 Å². The number of Topliss-reactive ketones (excluding diaryl/α,β-unsaturated/α-hetero) is 1. The van der Waals surface area contributed by atoms with Crippen molar-refractivity contribution >= 4 is 22.8 Å². The molecule has 3 aromatic rings. The lowest BCUT2D eigenvalue weighted by molar-refractivity contribution is -0.116. The molecule has 2 aromatic carbocycles. The fourth-order valence-electron chi connectivity index (χ4n) is 4.93. The molecule has 0 bridgehead atoms. The second-order valence-corrected chi connectivity index (χ2v) is 8.45. The van der Waals surface area contributed by atoms with Gasteiger partial charge in [0, 0.05) is 42.4 Å². The molecule has 5 rings (SSSR count). The Hall–Kier alpha value is -3.47. The second kappa shape index (κ2) is 8.58. The Morgan fingerprint density at radius 3 is 2.38 bits per heavy atom. The highest BCUT2D eigenvalue weighted by atomic mass is 16.3. The molecule has 0 saturated carbocycles. The minimum absolute atomic E-state index is 0.0553. The lowest BCUT2D eigenvalue weighted by Gasteiger charge is -2.29. The topological polar surface area (TPSA) is 57.5 Å². The first-order valence-corrected chi connectivity index (χ1v) is 11.4. The zero-order valence-corrected chi connectivity index (χ0v) is 18.6. The van der Waals surface area contributed by atoms with Crippen LogP contribution in [0.4, 0.5) is 17.1 Å². The predicted octanol–water partition coefficient (Wildman–Crippen LogP) is 6.11. The second-order valence-electron chi connectivity index (χ2n) is 8.45. The molecule has 5 heteroatoms. The summed E-state index contributed by atoms with van der Waals surface area (Å²) in [4.78, 5) is 15.8. The van der Waals surface area contributed by atoms with Gasteiger partial charge in [0.1, 0.15) is 5.76 Å². The van der Waals surface area contributed by atoms with Gasteiger partial charge >= 0.3 is 0 Å². The summed E-state index contributed by atoms with van der Waals surface area (Å²) >= 11 is 0. The summed E-state index contributed by atoms with van der Waals surface area (Å²) < 4.78 is 5.65. The van der Waals surface area contributed by atoms with Crippen LogP contribution in [0.25, 0.3) is 0 Å². The molecule has 2 atom stereocenters. The Morgan fingerprint density at radius 2 is 1.69 bits per heavy atom. The Kier molecular flexibility index (Phi) is 5.48. The first-order valence-electron chi connectivity index (χ1n) is 11.4. The standard InChI is InChI=1S/C27H29N3O2/c1-3-30(4-2)20-13-11-18(12-14-20)27-26-23(28-21-8-5-6-9-22(21)29-27)16-19(17-24(26)31)25-10-7-15-32-25/h5-15,19,27-29H,3-4,16-17H2,1-2H3/t19-,27+/m1/s1. The normalized spacial score (nSPS) is 20.0. The molecule has 1 aliphatic heterocycles. The van der Waals surface area contributed by atoms with E-state index in [1.54, 1.807) is 6.26 Å². The molecular formula is C27H29N3O2. The molecule has 5 nitrogen and oxygen atoms in total. The largest absolute Gasteiger partial charge is 0.469 e. The maximum Gasteiger partial charge on any atom is 0.163 e. The van der Waals surface area contributed by atoms with Crippen molar-refractivity contribution in [2.24, 2.45) is 0 Å². The molecular weight excluding hydrogens is 398 g/mol. The number of benzene rings is 2. The van der Waals surface area contributed by atoms with Crippen molar-refractivity contribution in [2.45, 2.75) is 38.6 Å². The molecule has 164 valence electrons. The van der Waals surface area contributed by atoms with E-state index < -0.39 is 0 Å². The zero-order chi connectivity index (χ0) is 22.1.